The van der Waals surface area contributed by atoms with E-state index < -0.39 is 16.4 Å². The number of carbonyl (C=O) groups is 1. The van der Waals surface area contributed by atoms with Crippen LogP contribution in [0.1, 0.15) is 16.1 Å². The smallest absolute Gasteiger partial charge is 0.397 e. The largest absolute Gasteiger partial charge is 0.478 e. The summed E-state index contributed by atoms with van der Waals surface area (Å²) in [6.07, 6.45) is 1.30. The molecule has 23 heavy (non-hydrogen) atoms. The highest BCUT2D eigenvalue weighted by Crippen LogP contribution is 2.17. The zero-order valence-corrected chi connectivity index (χ0v) is 12.5. The lowest BCUT2D eigenvalue weighted by atomic mass is 10.1. The van der Waals surface area contributed by atoms with Crippen molar-refractivity contribution in [1.29, 1.82) is 0 Å². The van der Waals surface area contributed by atoms with E-state index in [0.29, 0.717) is 16.6 Å². The Hall–Kier alpha value is -2.56. The minimum Gasteiger partial charge on any atom is -0.478 e. The molecule has 0 saturated carbocycles. The average Bonchev–Trinajstić information content (AvgIpc) is 2.48. The number of carboxylic acids is 1. The average molecular weight is 339 g/mol. The van der Waals surface area contributed by atoms with Crippen molar-refractivity contribution in [3.63, 3.8) is 0 Å². The van der Waals surface area contributed by atoms with E-state index in [1.54, 1.807) is 24.3 Å². The Bertz CT molecular complexity index is 850. The Kier molecular flexibility index (Phi) is 5.21. The van der Waals surface area contributed by atoms with E-state index >= 15 is 0 Å². The first-order valence-corrected chi connectivity index (χ1v) is 7.74. The van der Waals surface area contributed by atoms with Gasteiger partial charge in [0.1, 0.15) is 0 Å². The van der Waals surface area contributed by atoms with Crippen LogP contribution in [0.25, 0.3) is 10.9 Å². The molecule has 0 aliphatic carbocycles. The molecule has 1 aromatic carbocycles. The van der Waals surface area contributed by atoms with Gasteiger partial charge in [0.15, 0.2) is 0 Å². The van der Waals surface area contributed by atoms with Crippen LogP contribution in [0.15, 0.2) is 35.4 Å². The molecule has 0 saturated heterocycles. The fraction of sp³-hybridized carbons (Fsp3) is 0.154. The third kappa shape index (κ3) is 4.98. The SMILES string of the molecule is O=C(O)c1cc(C=NNCCOS(=O)(=O)O)nc2ccccc12. The van der Waals surface area contributed by atoms with Gasteiger partial charge in [-0.15, -0.1) is 0 Å². The summed E-state index contributed by atoms with van der Waals surface area (Å²) in [4.78, 5) is 15.5. The summed E-state index contributed by atoms with van der Waals surface area (Å²) in [5.74, 6) is -1.08. The van der Waals surface area contributed by atoms with Gasteiger partial charge in [0, 0.05) is 5.39 Å². The number of para-hydroxylation sites is 1. The molecule has 122 valence electrons. The van der Waals surface area contributed by atoms with Crippen molar-refractivity contribution in [3.8, 4) is 0 Å². The van der Waals surface area contributed by atoms with Gasteiger partial charge in [-0.05, 0) is 12.1 Å². The number of rotatable bonds is 7. The number of hydrogen-bond donors (Lipinski definition) is 3. The first-order chi connectivity index (χ1) is 10.9. The van der Waals surface area contributed by atoms with Crippen LogP contribution in [0, 0.1) is 0 Å². The molecule has 0 aliphatic rings. The molecule has 9 nitrogen and oxygen atoms in total. The molecule has 10 heteroatoms. The molecule has 0 aliphatic heterocycles. The molecule has 0 atom stereocenters. The summed E-state index contributed by atoms with van der Waals surface area (Å²) in [5, 5.41) is 13.5. The summed E-state index contributed by atoms with van der Waals surface area (Å²) in [5.41, 5.74) is 3.43. The van der Waals surface area contributed by atoms with Crippen LogP contribution in [-0.2, 0) is 14.6 Å². The Morgan fingerprint density at radius 1 is 1.39 bits per heavy atom. The molecule has 0 radical (unpaired) electrons. The van der Waals surface area contributed by atoms with E-state index in [1.165, 1.54) is 12.3 Å². The Morgan fingerprint density at radius 3 is 2.83 bits per heavy atom. The number of nitrogens with zero attached hydrogens (tertiary/aromatic N) is 2. The highest BCUT2D eigenvalue weighted by Gasteiger charge is 2.10. The van der Waals surface area contributed by atoms with Crippen LogP contribution in [0.3, 0.4) is 0 Å². The Balaban J connectivity index is 2.08. The van der Waals surface area contributed by atoms with E-state index in [9.17, 15) is 18.3 Å². The van der Waals surface area contributed by atoms with Crippen molar-refractivity contribution >= 4 is 33.5 Å². The molecule has 0 unspecified atom stereocenters. The number of fused-ring (bicyclic) bond motifs is 1. The molecule has 1 aromatic heterocycles. The second-order valence-electron chi connectivity index (χ2n) is 4.33. The first-order valence-electron chi connectivity index (χ1n) is 6.37. The van der Waals surface area contributed by atoms with Crippen LogP contribution in [0.4, 0.5) is 0 Å². The van der Waals surface area contributed by atoms with Crippen LogP contribution in [0.5, 0.6) is 0 Å². The van der Waals surface area contributed by atoms with E-state index in [0.717, 1.165) is 0 Å². The summed E-state index contributed by atoms with van der Waals surface area (Å²) in [6, 6.07) is 8.20. The lowest BCUT2D eigenvalue weighted by Gasteiger charge is -2.04. The minimum atomic E-state index is -4.47. The van der Waals surface area contributed by atoms with Crippen molar-refractivity contribution < 1.29 is 27.1 Å². The van der Waals surface area contributed by atoms with Gasteiger partial charge < -0.3 is 10.5 Å². The van der Waals surface area contributed by atoms with Gasteiger partial charge in [0.25, 0.3) is 0 Å². The van der Waals surface area contributed by atoms with Crippen molar-refractivity contribution in [2.75, 3.05) is 13.2 Å². The van der Waals surface area contributed by atoms with Crippen molar-refractivity contribution in [1.82, 2.24) is 10.4 Å². The van der Waals surface area contributed by atoms with Crippen molar-refractivity contribution in [2.24, 2.45) is 5.10 Å². The number of hydrogen-bond acceptors (Lipinski definition) is 7. The number of carboxylic acid groups (broad SMARTS) is 1. The number of aromatic nitrogens is 1. The molecule has 0 bridgehead atoms. The fourth-order valence-electron chi connectivity index (χ4n) is 1.81. The molecule has 0 fully saturated rings. The molecule has 1 heterocycles. The normalized spacial score (nSPS) is 11.9. The van der Waals surface area contributed by atoms with Gasteiger partial charge in [-0.25, -0.2) is 14.0 Å². The summed E-state index contributed by atoms with van der Waals surface area (Å²) in [7, 11) is -4.47. The zero-order valence-electron chi connectivity index (χ0n) is 11.7. The van der Waals surface area contributed by atoms with Gasteiger partial charge in [-0.3, -0.25) is 4.55 Å². The second kappa shape index (κ2) is 7.13. The van der Waals surface area contributed by atoms with Crippen molar-refractivity contribution in [3.05, 3.63) is 41.6 Å². The molecule has 3 N–H and O–H groups in total. The van der Waals surface area contributed by atoms with Gasteiger partial charge in [0.2, 0.25) is 0 Å². The third-order valence-corrected chi connectivity index (χ3v) is 3.17. The standard InChI is InChI=1S/C13H13N3O6S/c17-13(18)11-7-9(16-12-4-2-1-3-10(11)12)8-15-14-5-6-22-23(19,20)21/h1-4,7-8,14H,5-6H2,(H,17,18)(H,19,20,21). The molecule has 0 spiro atoms. The maximum atomic E-state index is 11.3. The van der Waals surface area contributed by atoms with Gasteiger partial charge in [-0.2, -0.15) is 13.5 Å². The van der Waals surface area contributed by atoms with E-state index in [4.69, 9.17) is 4.55 Å². The first kappa shape index (κ1) is 16.8. The number of nitrogens with one attached hydrogen (secondary N) is 1. The maximum absolute atomic E-state index is 11.3. The lowest BCUT2D eigenvalue weighted by molar-refractivity contribution is 0.0699. The molecule has 0 amide bonds. The second-order valence-corrected chi connectivity index (χ2v) is 5.42. The zero-order chi connectivity index (χ0) is 16.9. The van der Waals surface area contributed by atoms with Crippen molar-refractivity contribution in [2.45, 2.75) is 0 Å². The highest BCUT2D eigenvalue weighted by atomic mass is 32.3. The third-order valence-electron chi connectivity index (χ3n) is 2.70. The predicted molar refractivity (Wildman–Crippen MR) is 81.8 cm³/mol. The van der Waals surface area contributed by atoms with Crippen LogP contribution < -0.4 is 5.43 Å². The predicted octanol–water partition coefficient (Wildman–Crippen LogP) is 0.676. The van der Waals surface area contributed by atoms with Crippen LogP contribution >= 0.6 is 0 Å². The number of aromatic carboxylic acids is 1. The molecular formula is C13H13N3O6S. The quantitative estimate of drug-likeness (QED) is 0.290. The van der Waals surface area contributed by atoms with Crippen LogP contribution in [0.2, 0.25) is 0 Å². The highest BCUT2D eigenvalue weighted by molar-refractivity contribution is 7.80. The number of pyridine rings is 1. The summed E-state index contributed by atoms with van der Waals surface area (Å²) < 4.78 is 33.1. The number of benzene rings is 1. The monoisotopic (exact) mass is 339 g/mol. The van der Waals surface area contributed by atoms with Gasteiger partial charge in [0.05, 0.1) is 36.1 Å². The number of hydrazone groups is 1. The minimum absolute atomic E-state index is 0.0235. The molecule has 2 rings (SSSR count). The van der Waals surface area contributed by atoms with Gasteiger partial charge >= 0.3 is 16.4 Å². The summed E-state index contributed by atoms with van der Waals surface area (Å²) in [6.45, 7) is -0.280. The maximum Gasteiger partial charge on any atom is 0.397 e. The molecule has 2 aromatic rings. The lowest BCUT2D eigenvalue weighted by Crippen LogP contribution is -2.17. The fourth-order valence-corrected chi connectivity index (χ4v) is 2.10. The van der Waals surface area contributed by atoms with Gasteiger partial charge in [-0.1, -0.05) is 18.2 Å². The van der Waals surface area contributed by atoms with Crippen LogP contribution in [-0.4, -0.2) is 48.4 Å². The van der Waals surface area contributed by atoms with E-state index in [2.05, 4.69) is 19.7 Å². The van der Waals surface area contributed by atoms with E-state index in [1.807, 2.05) is 0 Å². The Labute approximate surface area is 131 Å². The molecular weight excluding hydrogens is 326 g/mol. The Morgan fingerprint density at radius 2 is 2.13 bits per heavy atom. The van der Waals surface area contributed by atoms with E-state index in [-0.39, 0.29) is 18.7 Å². The summed E-state index contributed by atoms with van der Waals surface area (Å²) >= 11 is 0. The topological polar surface area (TPSA) is 138 Å².